The minimum absolute atomic E-state index is 0.0115. The molecule has 12 atom stereocenters. The lowest BCUT2D eigenvalue weighted by Crippen LogP contribution is -2.61. The second-order valence-corrected chi connectivity index (χ2v) is 30.4. The van der Waals surface area contributed by atoms with Crippen LogP contribution in [0.5, 0.6) is 5.75 Å². The number of rotatable bonds is 26. The fourth-order valence-corrected chi connectivity index (χ4v) is 14.3. The second kappa shape index (κ2) is 48.0. The van der Waals surface area contributed by atoms with Crippen molar-refractivity contribution >= 4 is 111 Å². The van der Waals surface area contributed by atoms with Crippen LogP contribution in [0.1, 0.15) is 72.8 Å². The quantitative estimate of drug-likeness (QED) is 0.0137. The number of guanidine groups is 2. The number of hydrogen-bond donors (Lipinski definition) is 24. The third kappa shape index (κ3) is 30.6. The zero-order chi connectivity index (χ0) is 89.1. The highest BCUT2D eigenvalue weighted by Crippen LogP contribution is 2.22. The molecule has 1 fully saturated rings. The van der Waals surface area contributed by atoms with Gasteiger partial charge in [-0.1, -0.05) is 91.9 Å². The molecule has 3 aromatic heterocycles. The number of primary amides is 1. The molecule has 1 aliphatic heterocycles. The van der Waals surface area contributed by atoms with E-state index >= 15 is 24.0 Å². The minimum atomic E-state index is -1.89. The van der Waals surface area contributed by atoms with E-state index in [4.69, 9.17) is 28.0 Å². The Morgan fingerprint density at radius 2 is 1.01 bits per heavy atom. The van der Waals surface area contributed by atoms with Crippen LogP contribution < -0.4 is 91.6 Å². The number of carbonyl (C=O) groups is 13. The van der Waals surface area contributed by atoms with Crippen molar-refractivity contribution in [3.63, 3.8) is 0 Å². The topological polar surface area (TPSA) is 655 Å². The number of likely N-dealkylation sites (N-methyl/N-ethyl adjacent to an activating group) is 1. The summed E-state index contributed by atoms with van der Waals surface area (Å²) >= 11 is 0.803. The average Bonchev–Trinajstić information content (AvgIpc) is 0.875. The molecule has 0 radical (unpaired) electrons. The van der Waals surface area contributed by atoms with Gasteiger partial charge in [0.1, 0.15) is 66.2 Å². The Balaban J connectivity index is 1.20. The number of fused-ring (bicyclic) bond motifs is 1. The van der Waals surface area contributed by atoms with Gasteiger partial charge in [-0.15, -0.1) is 11.8 Å². The van der Waals surface area contributed by atoms with Crippen LogP contribution >= 0.6 is 11.8 Å². The molecule has 660 valence electrons. The van der Waals surface area contributed by atoms with E-state index < -0.39 is 187 Å². The smallest absolute Gasteiger partial charge is 0.245 e. The van der Waals surface area contributed by atoms with E-state index in [9.17, 15) is 53.7 Å². The number of aromatic amines is 2. The van der Waals surface area contributed by atoms with E-state index in [0.29, 0.717) is 27.8 Å². The van der Waals surface area contributed by atoms with Crippen molar-refractivity contribution in [1.29, 1.82) is 10.8 Å². The molecular formula is C80H108N26O16S. The Kier molecular flexibility index (Phi) is 37.1. The van der Waals surface area contributed by atoms with Gasteiger partial charge < -0.3 is 121 Å². The molecule has 1 aliphatic rings. The maximum atomic E-state index is 15.4. The highest BCUT2D eigenvalue weighted by molar-refractivity contribution is 8.00. The number of nitrogens with zero attached hydrogens (tertiary/aromatic N) is 5. The lowest BCUT2D eigenvalue weighted by molar-refractivity contribution is -0.136. The number of imidazole rings is 3. The van der Waals surface area contributed by atoms with Crippen LogP contribution in [-0.2, 0) is 108 Å². The van der Waals surface area contributed by atoms with Gasteiger partial charge in [-0.2, -0.15) is 0 Å². The van der Waals surface area contributed by atoms with Crippen molar-refractivity contribution in [1.82, 2.24) is 109 Å². The SMILES string of the molecule is CC[C@H]1NC(=O)[C@@H](Cc2ccccc2)NC(=O)CSC[C@H](C(=O)NCC(N)=O)NC(=O)[C@@H](Cc2cncn2C)NC(=O)[C@@H](CCCNC(=N)N)NC(=O)[C@@H](Cc2c[nH]cn2)NC(=O)[C@@H](Cc2ccc(O)cc2)N(C)C[C@@H](CCCNC(=N)N)NC(=O)[C@@H](CO)NC(=O)[C@H](CO)NC(=O)[C@@H](Cc2c[nH]cn2)NC(=O)[C@@H](Cc2cccc3ccccc23)NC1=O. The number of amides is 13. The second-order valence-electron chi connectivity index (χ2n) is 29.4. The lowest BCUT2D eigenvalue weighted by atomic mass is 9.97. The van der Waals surface area contributed by atoms with Crippen LogP contribution in [0.2, 0.25) is 0 Å². The molecule has 0 unspecified atom stereocenters. The molecule has 13 amide bonds. The molecule has 27 N–H and O–H groups in total. The fraction of sp³-hybridized carbons (Fsp3) is 0.425. The summed E-state index contributed by atoms with van der Waals surface area (Å²) in [5, 5.41) is 86.3. The molecule has 42 nitrogen and oxygen atoms in total. The van der Waals surface area contributed by atoms with Gasteiger partial charge in [-0.25, -0.2) is 15.0 Å². The van der Waals surface area contributed by atoms with Crippen LogP contribution in [0.25, 0.3) is 10.8 Å². The molecule has 4 aromatic carbocycles. The maximum absolute atomic E-state index is 15.4. The van der Waals surface area contributed by atoms with Gasteiger partial charge in [0, 0.05) is 94.9 Å². The Bertz CT molecular complexity index is 4750. The van der Waals surface area contributed by atoms with Crippen LogP contribution in [0, 0.1) is 10.8 Å². The number of benzene rings is 4. The monoisotopic (exact) mass is 1720 g/mol. The summed E-state index contributed by atoms with van der Waals surface area (Å²) in [6.07, 6.45) is 6.78. The summed E-state index contributed by atoms with van der Waals surface area (Å²) in [6, 6.07) is 8.43. The first-order valence-electron chi connectivity index (χ1n) is 39.7. The number of H-pyrrole nitrogens is 2. The third-order valence-corrected chi connectivity index (χ3v) is 21.0. The summed E-state index contributed by atoms with van der Waals surface area (Å²) < 4.78 is 1.55. The van der Waals surface area contributed by atoms with Crippen LogP contribution in [0.15, 0.2) is 135 Å². The summed E-state index contributed by atoms with van der Waals surface area (Å²) in [4.78, 5) is 210. The minimum Gasteiger partial charge on any atom is -0.508 e. The third-order valence-electron chi connectivity index (χ3n) is 20.0. The number of aliphatic hydroxyl groups excluding tert-OH is 2. The summed E-state index contributed by atoms with van der Waals surface area (Å²) in [6.45, 7) is -1.46. The number of aryl methyl sites for hydroxylation is 1. The van der Waals surface area contributed by atoms with Crippen molar-refractivity contribution in [3.05, 3.63) is 168 Å². The largest absolute Gasteiger partial charge is 0.508 e. The first-order valence-corrected chi connectivity index (χ1v) is 40.9. The number of phenolic OH excluding ortho intramolecular Hbond substituents is 1. The number of aliphatic hydroxyl groups is 2. The normalized spacial score (nSPS) is 22.4. The van der Waals surface area contributed by atoms with Gasteiger partial charge in [0.05, 0.1) is 61.9 Å². The Labute approximate surface area is 711 Å². The van der Waals surface area contributed by atoms with Crippen molar-refractivity contribution in [2.24, 2.45) is 24.2 Å². The van der Waals surface area contributed by atoms with E-state index in [1.807, 2.05) is 12.1 Å². The van der Waals surface area contributed by atoms with Gasteiger partial charge in [-0.05, 0) is 85.2 Å². The van der Waals surface area contributed by atoms with E-state index in [0.717, 1.165) is 17.1 Å². The molecule has 1 saturated heterocycles. The first kappa shape index (κ1) is 94.9. The number of aromatic hydroxyl groups is 1. The lowest BCUT2D eigenvalue weighted by Gasteiger charge is -2.33. The van der Waals surface area contributed by atoms with E-state index in [1.165, 1.54) is 61.7 Å². The fourth-order valence-electron chi connectivity index (χ4n) is 13.4. The Hall–Kier alpha value is -13.6. The average molecular weight is 1720 g/mol. The summed E-state index contributed by atoms with van der Waals surface area (Å²) in [5.41, 5.74) is 19.2. The first-order chi connectivity index (χ1) is 59.0. The predicted octanol–water partition coefficient (Wildman–Crippen LogP) is -5.62. The standard InChI is InChI=1S/C80H108N26O16S/c1-4-55-69(113)98-58(29-48-17-10-16-47-15-8-9-19-54(47)48)72(116)99-59(30-50-33-86-42-92-50)74(118)102-63(39-108)77(121)103-62(38-107)76(120)94-49(18-11-25-89-79(82)83)37-105(2)65(28-46-21-23-53(109)24-22-46)78(122)101-60(31-51-34-87-43-93-51)73(117)97-56(20-12-26-90-80(84)85)70(114)100-61(32-52-35-88-44-106(52)3)75(119)104-64(68(112)91-36-66(81)110)40-123-41-67(111)95-57(71(115)96-55)27-45-13-6-5-7-14-45/h5-10,13-17,19,21-24,33-35,42-44,49,55-65,107-109H,4,11-12,18,20,25-32,36-41H2,1-3H3,(H2,81,110)(H,86,92)(H,87,93)(H,91,112)(H,94,120)(H,95,111)(H,96,115)(H,97,117)(H,98,113)(H,99,116)(H,100,114)(H,101,122)(H,102,118)(H,103,121)(H,104,119)(H4,82,83,89)(H4,84,85,90)/t49-,55-,56-,57-,58-,59-,60-,61-,62-,63+,64-,65-/m1/s1. The number of nitrogens with two attached hydrogens (primary N) is 3. The van der Waals surface area contributed by atoms with Gasteiger partial charge >= 0.3 is 0 Å². The van der Waals surface area contributed by atoms with Gasteiger partial charge in [0.2, 0.25) is 76.8 Å². The van der Waals surface area contributed by atoms with Gasteiger partial charge in [0.25, 0.3) is 0 Å². The van der Waals surface area contributed by atoms with Crippen LogP contribution in [0.4, 0.5) is 0 Å². The van der Waals surface area contributed by atoms with Crippen LogP contribution in [-0.4, -0.2) is 269 Å². The molecule has 43 heteroatoms. The predicted molar refractivity (Wildman–Crippen MR) is 451 cm³/mol. The highest BCUT2D eigenvalue weighted by Gasteiger charge is 2.39. The molecule has 0 spiro atoms. The molecular weight excluding hydrogens is 1610 g/mol. The Morgan fingerprint density at radius 1 is 0.520 bits per heavy atom. The maximum Gasteiger partial charge on any atom is 0.245 e. The number of aromatic nitrogens is 6. The molecule has 0 aliphatic carbocycles. The summed E-state index contributed by atoms with van der Waals surface area (Å²) in [7, 11) is 3.13. The number of carbonyl (C=O) groups excluding carboxylic acids is 13. The number of phenols is 1. The van der Waals surface area contributed by atoms with Crippen molar-refractivity contribution < 1.29 is 77.6 Å². The zero-order valence-corrected chi connectivity index (χ0v) is 68.9. The number of hydrogen-bond acceptors (Lipinski definition) is 23. The molecule has 123 heavy (non-hydrogen) atoms. The van der Waals surface area contributed by atoms with E-state index in [2.05, 4.69) is 99.4 Å². The molecule has 8 rings (SSSR count). The number of thioether (sulfide) groups is 1. The molecule has 7 aromatic rings. The van der Waals surface area contributed by atoms with Gasteiger partial charge in [-0.3, -0.25) is 78.0 Å². The van der Waals surface area contributed by atoms with E-state index in [-0.39, 0.29) is 113 Å². The van der Waals surface area contributed by atoms with Crippen molar-refractivity contribution in [3.8, 4) is 5.75 Å². The van der Waals surface area contributed by atoms with Gasteiger partial charge in [0.15, 0.2) is 11.9 Å². The van der Waals surface area contributed by atoms with Crippen molar-refractivity contribution in [2.75, 3.05) is 57.9 Å². The van der Waals surface area contributed by atoms with Crippen LogP contribution in [0.3, 0.4) is 0 Å². The zero-order valence-electron chi connectivity index (χ0n) is 68.1. The highest BCUT2D eigenvalue weighted by atomic mass is 32.2. The molecule has 0 bridgehead atoms. The number of nitrogens with one attached hydrogen (secondary N) is 18. The molecule has 0 saturated carbocycles. The Morgan fingerprint density at radius 3 is 1.57 bits per heavy atom. The van der Waals surface area contributed by atoms with Crippen molar-refractivity contribution in [2.45, 2.75) is 150 Å². The molecule has 4 heterocycles. The van der Waals surface area contributed by atoms with E-state index in [1.54, 1.807) is 91.3 Å². The summed E-state index contributed by atoms with van der Waals surface area (Å²) in [5.74, 6) is -14.3.